The maximum Gasteiger partial charge on any atom is 0.224 e. The predicted molar refractivity (Wildman–Crippen MR) is 61.9 cm³/mol. The van der Waals surface area contributed by atoms with E-state index in [0.717, 1.165) is 5.56 Å². The van der Waals surface area contributed by atoms with Gasteiger partial charge in [-0.1, -0.05) is 6.92 Å². The van der Waals surface area contributed by atoms with Crippen LogP contribution in [0.5, 0.6) is 0 Å². The summed E-state index contributed by atoms with van der Waals surface area (Å²) in [4.78, 5) is 15.4. The highest BCUT2D eigenvalue weighted by molar-refractivity contribution is 5.78. The topological polar surface area (TPSA) is 62.2 Å². The summed E-state index contributed by atoms with van der Waals surface area (Å²) in [5.74, 6) is -0.0834. The molecule has 0 radical (unpaired) electrons. The molecule has 0 saturated carbocycles. The second kappa shape index (κ2) is 5.61. The van der Waals surface area contributed by atoms with E-state index in [2.05, 4.69) is 10.3 Å². The molecular formula is C12H18N2O2. The largest absolute Gasteiger partial charge is 0.388 e. The van der Waals surface area contributed by atoms with Crippen molar-refractivity contribution in [2.24, 2.45) is 0 Å². The van der Waals surface area contributed by atoms with E-state index in [4.69, 9.17) is 0 Å². The van der Waals surface area contributed by atoms with Crippen molar-refractivity contribution < 1.29 is 9.90 Å². The number of hydrogen-bond donors (Lipinski definition) is 2. The summed E-state index contributed by atoms with van der Waals surface area (Å²) >= 11 is 0. The molecule has 0 saturated heterocycles. The van der Waals surface area contributed by atoms with Crippen molar-refractivity contribution in [2.45, 2.75) is 32.3 Å². The average Bonchev–Trinajstić information content (AvgIpc) is 2.28. The molecule has 4 heteroatoms. The van der Waals surface area contributed by atoms with Crippen molar-refractivity contribution in [1.82, 2.24) is 10.3 Å². The number of nitrogens with zero attached hydrogens (tertiary/aromatic N) is 1. The summed E-state index contributed by atoms with van der Waals surface area (Å²) in [7, 11) is 0. The van der Waals surface area contributed by atoms with Gasteiger partial charge in [0.05, 0.1) is 12.0 Å². The highest BCUT2D eigenvalue weighted by Gasteiger charge is 2.18. The lowest BCUT2D eigenvalue weighted by atomic mass is 10.0. The monoisotopic (exact) mass is 222 g/mol. The summed E-state index contributed by atoms with van der Waals surface area (Å²) in [6, 6.07) is 3.61. The van der Waals surface area contributed by atoms with Crippen LogP contribution in [0.15, 0.2) is 24.5 Å². The van der Waals surface area contributed by atoms with Gasteiger partial charge in [0.25, 0.3) is 0 Å². The number of amides is 1. The van der Waals surface area contributed by atoms with E-state index >= 15 is 0 Å². The Kier molecular flexibility index (Phi) is 4.43. The zero-order valence-corrected chi connectivity index (χ0v) is 9.73. The molecule has 2 N–H and O–H groups in total. The van der Waals surface area contributed by atoms with E-state index in [9.17, 15) is 9.90 Å². The van der Waals surface area contributed by atoms with Crippen molar-refractivity contribution in [1.29, 1.82) is 0 Å². The van der Waals surface area contributed by atoms with Gasteiger partial charge in [0.2, 0.25) is 5.91 Å². The number of nitrogens with one attached hydrogen (secondary N) is 1. The molecule has 0 aliphatic carbocycles. The highest BCUT2D eigenvalue weighted by atomic mass is 16.3. The van der Waals surface area contributed by atoms with E-state index in [1.54, 1.807) is 31.5 Å². The molecule has 1 atom stereocenters. The molecule has 1 unspecified atom stereocenters. The Hall–Kier alpha value is -1.42. The normalized spacial score (nSPS) is 14.2. The van der Waals surface area contributed by atoms with Gasteiger partial charge >= 0.3 is 0 Å². The van der Waals surface area contributed by atoms with E-state index in [-0.39, 0.29) is 12.5 Å². The number of aromatic nitrogens is 1. The molecule has 1 rings (SSSR count). The molecule has 4 nitrogen and oxygen atoms in total. The Labute approximate surface area is 95.7 Å². The highest BCUT2D eigenvalue weighted by Crippen LogP contribution is 2.06. The number of rotatable bonds is 5. The number of pyridine rings is 1. The molecule has 0 spiro atoms. The van der Waals surface area contributed by atoms with Crippen LogP contribution in [0.1, 0.15) is 25.8 Å². The van der Waals surface area contributed by atoms with Gasteiger partial charge in [-0.15, -0.1) is 0 Å². The van der Waals surface area contributed by atoms with Crippen LogP contribution in [0.3, 0.4) is 0 Å². The molecule has 1 heterocycles. The van der Waals surface area contributed by atoms with Gasteiger partial charge in [0.1, 0.15) is 0 Å². The Morgan fingerprint density at radius 2 is 2.12 bits per heavy atom. The van der Waals surface area contributed by atoms with Crippen molar-refractivity contribution in [3.05, 3.63) is 30.1 Å². The molecule has 0 aromatic carbocycles. The first-order valence-electron chi connectivity index (χ1n) is 5.41. The first-order chi connectivity index (χ1) is 7.53. The zero-order chi connectivity index (χ0) is 12.0. The van der Waals surface area contributed by atoms with Crippen LogP contribution in [-0.4, -0.2) is 28.1 Å². The minimum absolute atomic E-state index is 0.0834. The Morgan fingerprint density at radius 1 is 1.50 bits per heavy atom. The minimum atomic E-state index is -0.825. The van der Waals surface area contributed by atoms with Crippen molar-refractivity contribution in [3.63, 3.8) is 0 Å². The van der Waals surface area contributed by atoms with Crippen molar-refractivity contribution >= 4 is 5.91 Å². The van der Waals surface area contributed by atoms with Crippen LogP contribution in [0.4, 0.5) is 0 Å². The van der Waals surface area contributed by atoms with Gasteiger partial charge in [-0.25, -0.2) is 0 Å². The van der Waals surface area contributed by atoms with E-state index < -0.39 is 5.60 Å². The van der Waals surface area contributed by atoms with Crippen molar-refractivity contribution in [3.8, 4) is 0 Å². The maximum absolute atomic E-state index is 11.5. The molecule has 16 heavy (non-hydrogen) atoms. The average molecular weight is 222 g/mol. The van der Waals surface area contributed by atoms with Crippen LogP contribution in [0, 0.1) is 0 Å². The van der Waals surface area contributed by atoms with Crippen molar-refractivity contribution in [2.75, 3.05) is 6.54 Å². The quantitative estimate of drug-likeness (QED) is 0.778. The number of hydrogen-bond acceptors (Lipinski definition) is 3. The third kappa shape index (κ3) is 4.40. The SMILES string of the molecule is CCC(C)(O)CNC(=O)Cc1ccncc1. The lowest BCUT2D eigenvalue weighted by molar-refractivity contribution is -0.121. The third-order valence-corrected chi connectivity index (χ3v) is 2.54. The minimum Gasteiger partial charge on any atom is -0.388 e. The van der Waals surface area contributed by atoms with Gasteiger partial charge in [-0.05, 0) is 31.0 Å². The summed E-state index contributed by atoms with van der Waals surface area (Å²) in [6.45, 7) is 3.88. The summed E-state index contributed by atoms with van der Waals surface area (Å²) in [6.07, 6.45) is 4.25. The first-order valence-corrected chi connectivity index (χ1v) is 5.41. The smallest absolute Gasteiger partial charge is 0.224 e. The first kappa shape index (κ1) is 12.6. The van der Waals surface area contributed by atoms with Gasteiger partial charge in [0, 0.05) is 18.9 Å². The molecule has 88 valence electrons. The fourth-order valence-corrected chi connectivity index (χ4v) is 1.16. The Bertz CT molecular complexity index is 336. The fourth-order valence-electron chi connectivity index (χ4n) is 1.16. The Morgan fingerprint density at radius 3 is 2.69 bits per heavy atom. The second-order valence-corrected chi connectivity index (χ2v) is 4.16. The fraction of sp³-hybridized carbons (Fsp3) is 0.500. The summed E-state index contributed by atoms with van der Waals surface area (Å²) in [5, 5.41) is 12.4. The zero-order valence-electron chi connectivity index (χ0n) is 9.73. The van der Waals surface area contributed by atoms with Crippen LogP contribution in [-0.2, 0) is 11.2 Å². The number of carbonyl (C=O) groups is 1. The van der Waals surface area contributed by atoms with Crippen LogP contribution in [0.25, 0.3) is 0 Å². The van der Waals surface area contributed by atoms with Crippen LogP contribution >= 0.6 is 0 Å². The van der Waals surface area contributed by atoms with E-state index in [1.165, 1.54) is 0 Å². The number of aliphatic hydroxyl groups is 1. The molecule has 0 aliphatic heterocycles. The standard InChI is InChI=1S/C12H18N2O2/c1-3-12(2,16)9-14-11(15)8-10-4-6-13-7-5-10/h4-7,16H,3,8-9H2,1-2H3,(H,14,15). The van der Waals surface area contributed by atoms with Gasteiger partial charge < -0.3 is 10.4 Å². The van der Waals surface area contributed by atoms with Gasteiger partial charge in [-0.2, -0.15) is 0 Å². The maximum atomic E-state index is 11.5. The van der Waals surface area contributed by atoms with Crippen LogP contribution in [0.2, 0.25) is 0 Å². The molecule has 1 amide bonds. The Balaban J connectivity index is 2.38. The molecule has 1 aromatic rings. The second-order valence-electron chi connectivity index (χ2n) is 4.16. The summed E-state index contributed by atoms with van der Waals surface area (Å²) < 4.78 is 0. The van der Waals surface area contributed by atoms with E-state index in [0.29, 0.717) is 12.8 Å². The molecule has 0 bridgehead atoms. The predicted octanol–water partition coefficient (Wildman–Crippen LogP) is 0.901. The van der Waals surface area contributed by atoms with Crippen LogP contribution < -0.4 is 5.32 Å². The summed E-state index contributed by atoms with van der Waals surface area (Å²) in [5.41, 5.74) is 0.0945. The number of carbonyl (C=O) groups excluding carboxylic acids is 1. The molecule has 1 aromatic heterocycles. The molecular weight excluding hydrogens is 204 g/mol. The lowest BCUT2D eigenvalue weighted by Gasteiger charge is -2.21. The lowest BCUT2D eigenvalue weighted by Crippen LogP contribution is -2.40. The molecule has 0 fully saturated rings. The van der Waals surface area contributed by atoms with Gasteiger partial charge in [-0.3, -0.25) is 9.78 Å². The third-order valence-electron chi connectivity index (χ3n) is 2.54. The molecule has 0 aliphatic rings. The van der Waals surface area contributed by atoms with E-state index in [1.807, 2.05) is 6.92 Å². The van der Waals surface area contributed by atoms with Gasteiger partial charge in [0.15, 0.2) is 0 Å².